The van der Waals surface area contributed by atoms with Crippen LogP contribution in [0.15, 0.2) is 67.1 Å². The molecule has 2 aromatic heterocycles. The summed E-state index contributed by atoms with van der Waals surface area (Å²) in [6.45, 7) is 2.37. The number of aromatic nitrogens is 4. The predicted octanol–water partition coefficient (Wildman–Crippen LogP) is 4.65. The minimum atomic E-state index is 0.331. The fraction of sp³-hybridized carbons (Fsp3) is 0.238. The summed E-state index contributed by atoms with van der Waals surface area (Å²) in [7, 11) is 0. The molecule has 0 bridgehead atoms. The van der Waals surface area contributed by atoms with Gasteiger partial charge in [-0.05, 0) is 42.0 Å². The molecule has 5 rings (SSSR count). The van der Waals surface area contributed by atoms with Crippen molar-refractivity contribution in [2.75, 3.05) is 0 Å². The maximum Gasteiger partial charge on any atom is 0.104 e. The van der Waals surface area contributed by atoms with Crippen LogP contribution in [0.5, 0.6) is 0 Å². The van der Waals surface area contributed by atoms with Crippen LogP contribution >= 0.6 is 0 Å². The van der Waals surface area contributed by atoms with Crippen molar-refractivity contribution in [3.63, 3.8) is 0 Å². The van der Waals surface area contributed by atoms with E-state index in [-0.39, 0.29) is 0 Å². The molecule has 1 saturated carbocycles. The van der Waals surface area contributed by atoms with Gasteiger partial charge in [-0.1, -0.05) is 43.7 Å². The van der Waals surface area contributed by atoms with Gasteiger partial charge in [-0.2, -0.15) is 10.2 Å². The maximum atomic E-state index is 4.60. The summed E-state index contributed by atoms with van der Waals surface area (Å²) < 4.78 is 3.88. The van der Waals surface area contributed by atoms with Gasteiger partial charge < -0.3 is 0 Å². The van der Waals surface area contributed by atoms with Gasteiger partial charge in [0.1, 0.15) is 5.69 Å². The van der Waals surface area contributed by atoms with E-state index in [0.717, 1.165) is 16.9 Å². The number of nitrogens with zero attached hydrogens (tertiary/aromatic N) is 4. The van der Waals surface area contributed by atoms with Crippen molar-refractivity contribution in [2.24, 2.45) is 0 Å². The van der Waals surface area contributed by atoms with E-state index in [0.29, 0.717) is 5.41 Å². The molecule has 4 aromatic rings. The molecule has 0 aliphatic heterocycles. The predicted molar refractivity (Wildman–Crippen MR) is 99.4 cm³/mol. The summed E-state index contributed by atoms with van der Waals surface area (Å²) in [5.74, 6) is 0. The second kappa shape index (κ2) is 5.31. The molecule has 0 saturated heterocycles. The van der Waals surface area contributed by atoms with Crippen LogP contribution in [0.3, 0.4) is 0 Å². The van der Waals surface area contributed by atoms with Gasteiger partial charge in [0.25, 0.3) is 0 Å². The Labute approximate surface area is 146 Å². The van der Waals surface area contributed by atoms with E-state index in [1.165, 1.54) is 30.2 Å². The number of fused-ring (bicyclic) bond motifs is 1. The van der Waals surface area contributed by atoms with Crippen LogP contribution < -0.4 is 0 Å². The van der Waals surface area contributed by atoms with Gasteiger partial charge in [0.2, 0.25) is 0 Å². The van der Waals surface area contributed by atoms with E-state index in [9.17, 15) is 0 Å². The molecule has 2 aromatic carbocycles. The van der Waals surface area contributed by atoms with Crippen molar-refractivity contribution in [3.05, 3.63) is 72.7 Å². The number of para-hydroxylation sites is 1. The Kier molecular flexibility index (Phi) is 3.07. The van der Waals surface area contributed by atoms with E-state index in [1.807, 2.05) is 58.3 Å². The molecule has 4 nitrogen and oxygen atoms in total. The van der Waals surface area contributed by atoms with Gasteiger partial charge in [0, 0.05) is 5.39 Å². The molecule has 25 heavy (non-hydrogen) atoms. The Bertz CT molecular complexity index is 1040. The van der Waals surface area contributed by atoms with Gasteiger partial charge in [-0.15, -0.1) is 0 Å². The summed E-state index contributed by atoms with van der Waals surface area (Å²) >= 11 is 0. The lowest BCUT2D eigenvalue weighted by molar-refractivity contribution is 0.272. The Morgan fingerprint density at radius 2 is 1.76 bits per heavy atom. The molecule has 0 N–H and O–H groups in total. The van der Waals surface area contributed by atoms with Crippen molar-refractivity contribution in [1.29, 1.82) is 0 Å². The molecule has 1 aliphatic carbocycles. The summed E-state index contributed by atoms with van der Waals surface area (Å²) in [5.41, 5.74) is 4.93. The molecule has 0 unspecified atom stereocenters. The molecular formula is C21H20N4. The van der Waals surface area contributed by atoms with Crippen LogP contribution in [0.4, 0.5) is 0 Å². The zero-order valence-electron chi connectivity index (χ0n) is 14.3. The highest BCUT2D eigenvalue weighted by Gasteiger charge is 2.33. The molecule has 1 fully saturated rings. The van der Waals surface area contributed by atoms with Crippen LogP contribution in [0.2, 0.25) is 0 Å². The van der Waals surface area contributed by atoms with E-state index in [1.54, 1.807) is 0 Å². The highest BCUT2D eigenvalue weighted by Crippen LogP contribution is 2.43. The average molecular weight is 328 g/mol. The van der Waals surface area contributed by atoms with Crippen LogP contribution in [-0.2, 0) is 5.41 Å². The quantitative estimate of drug-likeness (QED) is 0.548. The smallest absolute Gasteiger partial charge is 0.104 e. The lowest BCUT2D eigenvalue weighted by atomic mass is 9.66. The molecule has 124 valence electrons. The highest BCUT2D eigenvalue weighted by atomic mass is 15.3. The van der Waals surface area contributed by atoms with Crippen LogP contribution in [0.25, 0.3) is 22.3 Å². The van der Waals surface area contributed by atoms with Gasteiger partial charge in [0.05, 0.1) is 29.8 Å². The van der Waals surface area contributed by atoms with Crippen molar-refractivity contribution in [3.8, 4) is 11.4 Å². The first-order chi connectivity index (χ1) is 12.2. The van der Waals surface area contributed by atoms with E-state index in [2.05, 4.69) is 35.3 Å². The number of hydrogen-bond donors (Lipinski definition) is 0. The third kappa shape index (κ3) is 2.29. The van der Waals surface area contributed by atoms with Gasteiger partial charge in [-0.3, -0.25) is 0 Å². The lowest BCUT2D eigenvalue weighted by Gasteiger charge is -2.39. The molecule has 4 heteroatoms. The average Bonchev–Trinajstić information content (AvgIpc) is 3.26. The van der Waals surface area contributed by atoms with Crippen molar-refractivity contribution in [1.82, 2.24) is 19.6 Å². The molecule has 1 aliphatic rings. The summed E-state index contributed by atoms with van der Waals surface area (Å²) in [6.07, 6.45) is 9.72. The molecule has 2 heterocycles. The Balaban J connectivity index is 1.59. The number of hydrogen-bond acceptors (Lipinski definition) is 2. The van der Waals surface area contributed by atoms with Crippen molar-refractivity contribution < 1.29 is 0 Å². The summed E-state index contributed by atoms with van der Waals surface area (Å²) in [5, 5.41) is 10.3. The zero-order valence-corrected chi connectivity index (χ0v) is 14.3. The summed E-state index contributed by atoms with van der Waals surface area (Å²) in [6, 6.07) is 16.9. The highest BCUT2D eigenvalue weighted by molar-refractivity contribution is 5.81. The standard InChI is InChI=1S/C21H20N4/c1-21(10-5-11-21)17-9-8-16-13-23-25(20(16)12-17)19-14-22-24(15-19)18-6-3-2-4-7-18/h2-4,6-9,12-15H,5,10-11H2,1H3. The molecule has 0 amide bonds. The number of rotatable bonds is 3. The Morgan fingerprint density at radius 1 is 0.920 bits per heavy atom. The van der Waals surface area contributed by atoms with Gasteiger partial charge in [0.15, 0.2) is 0 Å². The Morgan fingerprint density at radius 3 is 2.52 bits per heavy atom. The van der Waals surface area contributed by atoms with E-state index in [4.69, 9.17) is 0 Å². The second-order valence-corrected chi connectivity index (χ2v) is 7.22. The van der Waals surface area contributed by atoms with Crippen molar-refractivity contribution >= 4 is 10.9 Å². The first-order valence-electron chi connectivity index (χ1n) is 8.82. The molecule has 0 radical (unpaired) electrons. The molecule has 0 spiro atoms. The van der Waals surface area contributed by atoms with E-state index >= 15 is 0 Å². The first kappa shape index (κ1) is 14.5. The van der Waals surface area contributed by atoms with Gasteiger partial charge in [-0.25, -0.2) is 9.36 Å². The topological polar surface area (TPSA) is 35.6 Å². The second-order valence-electron chi connectivity index (χ2n) is 7.22. The van der Waals surface area contributed by atoms with Crippen LogP contribution in [0.1, 0.15) is 31.7 Å². The SMILES string of the molecule is CC1(c2ccc3cnn(-c4cnn(-c5ccccc5)c4)c3c2)CCC1. The minimum Gasteiger partial charge on any atom is -0.239 e. The largest absolute Gasteiger partial charge is 0.239 e. The zero-order chi connectivity index (χ0) is 16.9. The third-order valence-corrected chi connectivity index (χ3v) is 5.56. The Hall–Kier alpha value is -2.88. The lowest BCUT2D eigenvalue weighted by Crippen LogP contribution is -2.30. The fourth-order valence-electron chi connectivity index (χ4n) is 3.74. The minimum absolute atomic E-state index is 0.331. The summed E-state index contributed by atoms with van der Waals surface area (Å²) in [4.78, 5) is 0. The van der Waals surface area contributed by atoms with Crippen LogP contribution in [0, 0.1) is 0 Å². The fourth-order valence-corrected chi connectivity index (χ4v) is 3.74. The molecule has 0 atom stereocenters. The number of benzene rings is 2. The monoisotopic (exact) mass is 328 g/mol. The third-order valence-electron chi connectivity index (χ3n) is 5.56. The molecular weight excluding hydrogens is 308 g/mol. The first-order valence-corrected chi connectivity index (χ1v) is 8.82. The van der Waals surface area contributed by atoms with Gasteiger partial charge >= 0.3 is 0 Å². The van der Waals surface area contributed by atoms with E-state index < -0.39 is 0 Å². The normalized spacial score (nSPS) is 16.0. The van der Waals surface area contributed by atoms with Crippen LogP contribution in [-0.4, -0.2) is 19.6 Å². The maximum absolute atomic E-state index is 4.60. The van der Waals surface area contributed by atoms with Crippen molar-refractivity contribution in [2.45, 2.75) is 31.6 Å².